The number of hydrogen-bond donors (Lipinski definition) is 0. The van der Waals surface area contributed by atoms with E-state index in [0.717, 1.165) is 0 Å². The largest absolute Gasteiger partial charge is 0.444 e. The molecule has 1 saturated carbocycles. The molecule has 1 aliphatic heterocycles. The van der Waals surface area contributed by atoms with E-state index >= 15 is 0 Å². The van der Waals surface area contributed by atoms with Crippen molar-refractivity contribution in [2.75, 3.05) is 13.1 Å². The molecular weight excluding hydrogens is 228 g/mol. The van der Waals surface area contributed by atoms with Crippen LogP contribution in [-0.4, -0.2) is 35.6 Å². The molecule has 1 aliphatic carbocycles. The Bertz CT molecular complexity index is 351. The number of alkyl halides is 2. The van der Waals surface area contributed by atoms with Gasteiger partial charge in [0.2, 0.25) is 0 Å². The molecule has 0 N–H and O–H groups in total. The number of nitrogens with zero attached hydrogens (tertiary/aromatic N) is 1. The van der Waals surface area contributed by atoms with E-state index in [4.69, 9.17) is 4.74 Å². The normalized spacial score (nSPS) is 35.2. The fourth-order valence-electron chi connectivity index (χ4n) is 2.50. The Morgan fingerprint density at radius 1 is 1.41 bits per heavy atom. The molecule has 0 radical (unpaired) electrons. The van der Waals surface area contributed by atoms with Gasteiger partial charge >= 0.3 is 6.09 Å². The lowest BCUT2D eigenvalue weighted by molar-refractivity contribution is 0.0184. The SMILES string of the molecule is CC(C)(C)OC(=O)N1CCC2(C)C(C1)C2(F)F. The predicted octanol–water partition coefficient (Wildman–Crippen LogP) is 2.90. The number of amides is 1. The number of carbonyl (C=O) groups excluding carboxylic acids is 1. The van der Waals surface area contributed by atoms with Crippen molar-refractivity contribution in [2.45, 2.75) is 45.6 Å². The van der Waals surface area contributed by atoms with Crippen LogP contribution in [-0.2, 0) is 4.74 Å². The van der Waals surface area contributed by atoms with Crippen LogP contribution in [0.15, 0.2) is 0 Å². The third kappa shape index (κ3) is 1.89. The average Bonchev–Trinajstić information content (AvgIpc) is 2.58. The number of rotatable bonds is 0. The highest BCUT2D eigenvalue weighted by Gasteiger charge is 2.78. The minimum atomic E-state index is -2.62. The van der Waals surface area contributed by atoms with Crippen LogP contribution in [0.1, 0.15) is 34.1 Å². The second-order valence-electron chi connectivity index (χ2n) is 6.27. The molecule has 2 atom stereocenters. The van der Waals surface area contributed by atoms with Gasteiger partial charge in [-0.05, 0) is 27.2 Å². The van der Waals surface area contributed by atoms with E-state index in [1.165, 1.54) is 4.90 Å². The summed E-state index contributed by atoms with van der Waals surface area (Å²) in [6.45, 7) is 7.38. The van der Waals surface area contributed by atoms with Crippen molar-refractivity contribution in [2.24, 2.45) is 11.3 Å². The van der Waals surface area contributed by atoms with Crippen LogP contribution in [0.2, 0.25) is 0 Å². The number of hydrogen-bond acceptors (Lipinski definition) is 2. The van der Waals surface area contributed by atoms with Crippen LogP contribution in [0, 0.1) is 11.3 Å². The quantitative estimate of drug-likeness (QED) is 0.658. The second-order valence-corrected chi connectivity index (χ2v) is 6.27. The van der Waals surface area contributed by atoms with E-state index in [2.05, 4.69) is 0 Å². The molecule has 5 heteroatoms. The van der Waals surface area contributed by atoms with E-state index in [0.29, 0.717) is 13.0 Å². The van der Waals surface area contributed by atoms with Crippen LogP contribution in [0.3, 0.4) is 0 Å². The monoisotopic (exact) mass is 247 g/mol. The van der Waals surface area contributed by atoms with Gasteiger partial charge in [-0.25, -0.2) is 13.6 Å². The van der Waals surface area contributed by atoms with E-state index in [9.17, 15) is 13.6 Å². The topological polar surface area (TPSA) is 29.5 Å². The Morgan fingerprint density at radius 2 is 2.00 bits per heavy atom. The van der Waals surface area contributed by atoms with Gasteiger partial charge < -0.3 is 9.64 Å². The zero-order valence-electron chi connectivity index (χ0n) is 10.7. The molecule has 1 amide bonds. The second kappa shape index (κ2) is 3.33. The fourth-order valence-corrected chi connectivity index (χ4v) is 2.50. The summed E-state index contributed by atoms with van der Waals surface area (Å²) < 4.78 is 32.2. The third-order valence-electron chi connectivity index (χ3n) is 3.84. The minimum Gasteiger partial charge on any atom is -0.444 e. The molecule has 0 spiro atoms. The molecule has 1 saturated heterocycles. The van der Waals surface area contributed by atoms with Gasteiger partial charge in [0.05, 0.1) is 5.92 Å². The Balaban J connectivity index is 1.97. The number of likely N-dealkylation sites (tertiary alicyclic amines) is 1. The Hall–Kier alpha value is -0.870. The maximum Gasteiger partial charge on any atom is 0.410 e. The van der Waals surface area contributed by atoms with Crippen LogP contribution in [0.4, 0.5) is 13.6 Å². The first-order valence-corrected chi connectivity index (χ1v) is 5.94. The first-order valence-electron chi connectivity index (χ1n) is 5.94. The zero-order chi connectivity index (χ0) is 13.1. The lowest BCUT2D eigenvalue weighted by Gasteiger charge is -2.30. The van der Waals surface area contributed by atoms with Crippen molar-refractivity contribution < 1.29 is 18.3 Å². The molecule has 2 unspecified atom stereocenters. The summed E-state index contributed by atoms with van der Waals surface area (Å²) in [6, 6.07) is 0. The highest BCUT2D eigenvalue weighted by Crippen LogP contribution is 2.69. The van der Waals surface area contributed by atoms with Crippen LogP contribution >= 0.6 is 0 Å². The molecule has 2 fully saturated rings. The molecule has 0 aromatic heterocycles. The van der Waals surface area contributed by atoms with Gasteiger partial charge in [-0.15, -0.1) is 0 Å². The predicted molar refractivity (Wildman–Crippen MR) is 59.0 cm³/mol. The molecule has 98 valence electrons. The third-order valence-corrected chi connectivity index (χ3v) is 3.84. The molecule has 17 heavy (non-hydrogen) atoms. The Labute approximate surface area is 100 Å². The zero-order valence-corrected chi connectivity index (χ0v) is 10.7. The number of carbonyl (C=O) groups is 1. The molecule has 3 nitrogen and oxygen atoms in total. The summed E-state index contributed by atoms with van der Waals surface area (Å²) in [4.78, 5) is 13.2. The number of piperidine rings is 1. The van der Waals surface area contributed by atoms with E-state index in [1.807, 2.05) is 0 Å². The smallest absolute Gasteiger partial charge is 0.410 e. The molecule has 1 heterocycles. The lowest BCUT2D eigenvalue weighted by Crippen LogP contribution is -2.42. The first kappa shape index (κ1) is 12.6. The fraction of sp³-hybridized carbons (Fsp3) is 0.917. The number of halogens is 2. The van der Waals surface area contributed by atoms with Crippen molar-refractivity contribution in [3.8, 4) is 0 Å². The van der Waals surface area contributed by atoms with Crippen LogP contribution < -0.4 is 0 Å². The summed E-state index contributed by atoms with van der Waals surface area (Å²) in [7, 11) is 0. The molecule has 2 aliphatic rings. The summed E-state index contributed by atoms with van der Waals surface area (Å²) in [5.41, 5.74) is -1.48. The van der Waals surface area contributed by atoms with Gasteiger partial charge in [-0.1, -0.05) is 6.92 Å². The van der Waals surface area contributed by atoms with Gasteiger partial charge in [-0.2, -0.15) is 0 Å². The molecular formula is C12H19F2NO2. The van der Waals surface area contributed by atoms with Gasteiger partial charge in [0.25, 0.3) is 5.92 Å². The van der Waals surface area contributed by atoms with Gasteiger partial charge in [-0.3, -0.25) is 0 Å². The van der Waals surface area contributed by atoms with Crippen molar-refractivity contribution >= 4 is 6.09 Å². The van der Waals surface area contributed by atoms with Crippen molar-refractivity contribution in [1.82, 2.24) is 4.90 Å². The molecule has 0 aromatic carbocycles. The summed E-state index contributed by atoms with van der Waals surface area (Å²) in [5, 5.41) is 0. The molecule has 0 bridgehead atoms. The van der Waals surface area contributed by atoms with Crippen molar-refractivity contribution in [3.05, 3.63) is 0 Å². The van der Waals surface area contributed by atoms with Gasteiger partial charge in [0.1, 0.15) is 5.60 Å². The van der Waals surface area contributed by atoms with E-state index < -0.39 is 28.9 Å². The van der Waals surface area contributed by atoms with Crippen LogP contribution in [0.5, 0.6) is 0 Å². The Kier molecular flexibility index (Phi) is 2.46. The first-order chi connectivity index (χ1) is 7.58. The maximum atomic E-state index is 13.5. The minimum absolute atomic E-state index is 0.110. The number of fused-ring (bicyclic) bond motifs is 1. The highest BCUT2D eigenvalue weighted by atomic mass is 19.3. The van der Waals surface area contributed by atoms with E-state index in [1.54, 1.807) is 27.7 Å². The van der Waals surface area contributed by atoms with Gasteiger partial charge in [0, 0.05) is 18.5 Å². The lowest BCUT2D eigenvalue weighted by atomic mass is 9.98. The van der Waals surface area contributed by atoms with Gasteiger partial charge in [0.15, 0.2) is 0 Å². The molecule has 0 aromatic rings. The van der Waals surface area contributed by atoms with Crippen LogP contribution in [0.25, 0.3) is 0 Å². The summed E-state index contributed by atoms with van der Waals surface area (Å²) >= 11 is 0. The maximum absolute atomic E-state index is 13.5. The van der Waals surface area contributed by atoms with Crippen molar-refractivity contribution in [1.29, 1.82) is 0 Å². The standard InChI is InChI=1S/C12H19F2NO2/c1-10(2,3)17-9(16)15-6-5-11(4)8(7-15)12(11,13)14/h8H,5-7H2,1-4H3. The molecule has 2 rings (SSSR count). The van der Waals surface area contributed by atoms with Crippen molar-refractivity contribution in [3.63, 3.8) is 0 Å². The van der Waals surface area contributed by atoms with E-state index in [-0.39, 0.29) is 6.54 Å². The number of ether oxygens (including phenoxy) is 1. The highest BCUT2D eigenvalue weighted by molar-refractivity contribution is 5.68. The Morgan fingerprint density at radius 3 is 2.47 bits per heavy atom. The average molecular weight is 247 g/mol. The summed E-state index contributed by atoms with van der Waals surface area (Å²) in [6.07, 6.45) is -0.133. The summed E-state index contributed by atoms with van der Waals surface area (Å²) in [5.74, 6) is -3.32.